The summed E-state index contributed by atoms with van der Waals surface area (Å²) in [5.41, 5.74) is 7.13. The Morgan fingerprint density at radius 3 is 2.55 bits per heavy atom. The SMILES string of the molecule is NC(=O)c1ccc(CN(CC2CCCN2)C2CC2)cc1. The van der Waals surface area contributed by atoms with Crippen molar-refractivity contribution < 1.29 is 4.79 Å². The number of carbonyl (C=O) groups excluding carboxylic acids is 1. The fourth-order valence-electron chi connectivity index (χ4n) is 2.99. The lowest BCUT2D eigenvalue weighted by Gasteiger charge is -2.25. The molecular formula is C16H23N3O. The highest BCUT2D eigenvalue weighted by molar-refractivity contribution is 5.92. The van der Waals surface area contributed by atoms with Crippen LogP contribution in [0.1, 0.15) is 41.6 Å². The number of nitrogens with zero attached hydrogens (tertiary/aromatic N) is 1. The van der Waals surface area contributed by atoms with Gasteiger partial charge in [0.05, 0.1) is 0 Å². The normalized spacial score (nSPS) is 22.4. The van der Waals surface area contributed by atoms with E-state index in [2.05, 4.69) is 10.2 Å². The van der Waals surface area contributed by atoms with Crippen molar-refractivity contribution in [2.75, 3.05) is 13.1 Å². The third-order valence-electron chi connectivity index (χ3n) is 4.30. The number of benzene rings is 1. The second-order valence-corrected chi connectivity index (χ2v) is 6.02. The van der Waals surface area contributed by atoms with E-state index in [1.807, 2.05) is 24.3 Å². The lowest BCUT2D eigenvalue weighted by Crippen LogP contribution is -2.38. The second-order valence-electron chi connectivity index (χ2n) is 6.02. The molecule has 3 rings (SSSR count). The number of primary amides is 1. The number of hydrogen-bond acceptors (Lipinski definition) is 3. The molecule has 0 bridgehead atoms. The van der Waals surface area contributed by atoms with Crippen molar-refractivity contribution >= 4 is 5.91 Å². The van der Waals surface area contributed by atoms with Gasteiger partial charge in [-0.2, -0.15) is 0 Å². The molecule has 4 heteroatoms. The Labute approximate surface area is 120 Å². The summed E-state index contributed by atoms with van der Waals surface area (Å²) < 4.78 is 0. The summed E-state index contributed by atoms with van der Waals surface area (Å²) in [4.78, 5) is 13.7. The molecule has 1 amide bonds. The zero-order valence-corrected chi connectivity index (χ0v) is 11.8. The number of amides is 1. The van der Waals surface area contributed by atoms with Crippen LogP contribution in [0.5, 0.6) is 0 Å². The van der Waals surface area contributed by atoms with E-state index in [-0.39, 0.29) is 5.91 Å². The Hall–Kier alpha value is -1.39. The molecule has 1 saturated heterocycles. The van der Waals surface area contributed by atoms with E-state index in [0.29, 0.717) is 11.6 Å². The van der Waals surface area contributed by atoms with Crippen molar-refractivity contribution in [2.45, 2.75) is 44.3 Å². The van der Waals surface area contributed by atoms with E-state index in [9.17, 15) is 4.79 Å². The molecular weight excluding hydrogens is 250 g/mol. The third-order valence-corrected chi connectivity index (χ3v) is 4.30. The van der Waals surface area contributed by atoms with Gasteiger partial charge < -0.3 is 11.1 Å². The van der Waals surface area contributed by atoms with Gasteiger partial charge in [0.15, 0.2) is 0 Å². The van der Waals surface area contributed by atoms with Crippen molar-refractivity contribution in [1.29, 1.82) is 0 Å². The Morgan fingerprint density at radius 1 is 1.25 bits per heavy atom. The van der Waals surface area contributed by atoms with Gasteiger partial charge in [-0.05, 0) is 49.9 Å². The molecule has 1 aliphatic carbocycles. The van der Waals surface area contributed by atoms with E-state index < -0.39 is 0 Å². The number of nitrogens with two attached hydrogens (primary N) is 1. The molecule has 1 aliphatic heterocycles. The number of rotatable bonds is 6. The van der Waals surface area contributed by atoms with Gasteiger partial charge in [-0.15, -0.1) is 0 Å². The van der Waals surface area contributed by atoms with Crippen molar-refractivity contribution in [3.63, 3.8) is 0 Å². The van der Waals surface area contributed by atoms with E-state index in [1.165, 1.54) is 31.2 Å². The van der Waals surface area contributed by atoms with Crippen LogP contribution in [0, 0.1) is 0 Å². The number of hydrogen-bond donors (Lipinski definition) is 2. The maximum Gasteiger partial charge on any atom is 0.248 e. The predicted octanol–water partition coefficient (Wildman–Crippen LogP) is 1.50. The fourth-order valence-corrected chi connectivity index (χ4v) is 2.99. The minimum Gasteiger partial charge on any atom is -0.366 e. The minimum atomic E-state index is -0.356. The zero-order chi connectivity index (χ0) is 13.9. The first-order valence-electron chi connectivity index (χ1n) is 7.58. The monoisotopic (exact) mass is 273 g/mol. The molecule has 1 aromatic rings. The van der Waals surface area contributed by atoms with Crippen molar-refractivity contribution in [1.82, 2.24) is 10.2 Å². The molecule has 2 aliphatic rings. The van der Waals surface area contributed by atoms with Gasteiger partial charge in [0.1, 0.15) is 0 Å². The summed E-state index contributed by atoms with van der Waals surface area (Å²) in [6, 6.07) is 9.12. The Morgan fingerprint density at radius 2 is 2.00 bits per heavy atom. The van der Waals surface area contributed by atoms with E-state index in [1.54, 1.807) is 0 Å². The quantitative estimate of drug-likeness (QED) is 0.826. The summed E-state index contributed by atoms with van der Waals surface area (Å²) in [7, 11) is 0. The first-order valence-corrected chi connectivity index (χ1v) is 7.58. The van der Waals surface area contributed by atoms with Gasteiger partial charge in [-0.25, -0.2) is 0 Å². The van der Waals surface area contributed by atoms with Gasteiger partial charge in [-0.3, -0.25) is 9.69 Å². The van der Waals surface area contributed by atoms with E-state index in [4.69, 9.17) is 5.73 Å². The van der Waals surface area contributed by atoms with Crippen LogP contribution in [0.3, 0.4) is 0 Å². The Bertz CT molecular complexity index is 461. The van der Waals surface area contributed by atoms with Crippen molar-refractivity contribution in [3.8, 4) is 0 Å². The largest absolute Gasteiger partial charge is 0.366 e. The first kappa shape index (κ1) is 13.6. The molecule has 1 unspecified atom stereocenters. The molecule has 1 heterocycles. The number of carbonyl (C=O) groups is 1. The highest BCUT2D eigenvalue weighted by Gasteiger charge is 2.31. The second kappa shape index (κ2) is 5.94. The molecule has 3 N–H and O–H groups in total. The van der Waals surface area contributed by atoms with Crippen LogP contribution in [0.25, 0.3) is 0 Å². The third kappa shape index (κ3) is 3.38. The first-order chi connectivity index (χ1) is 9.72. The zero-order valence-electron chi connectivity index (χ0n) is 11.8. The standard InChI is InChI=1S/C16H23N3O/c17-16(20)13-5-3-12(4-6-13)10-19(15-7-8-15)11-14-2-1-9-18-14/h3-6,14-15,18H,1-2,7-11H2,(H2,17,20). The van der Waals surface area contributed by atoms with Crippen LogP contribution in [0.15, 0.2) is 24.3 Å². The summed E-state index contributed by atoms with van der Waals surface area (Å²) >= 11 is 0. The highest BCUT2D eigenvalue weighted by Crippen LogP contribution is 2.29. The fraction of sp³-hybridized carbons (Fsp3) is 0.562. The molecule has 1 saturated carbocycles. The molecule has 1 aromatic carbocycles. The van der Waals surface area contributed by atoms with Gasteiger partial charge in [0.25, 0.3) is 0 Å². The average Bonchev–Trinajstić information content (AvgIpc) is 3.17. The number of nitrogens with one attached hydrogen (secondary N) is 1. The molecule has 2 fully saturated rings. The van der Waals surface area contributed by atoms with Crippen molar-refractivity contribution in [3.05, 3.63) is 35.4 Å². The smallest absolute Gasteiger partial charge is 0.248 e. The summed E-state index contributed by atoms with van der Waals surface area (Å²) in [6.07, 6.45) is 5.25. The van der Waals surface area contributed by atoms with Gasteiger partial charge in [-0.1, -0.05) is 12.1 Å². The molecule has 20 heavy (non-hydrogen) atoms. The maximum absolute atomic E-state index is 11.1. The molecule has 1 atom stereocenters. The predicted molar refractivity (Wildman–Crippen MR) is 79.4 cm³/mol. The highest BCUT2D eigenvalue weighted by atomic mass is 16.1. The summed E-state index contributed by atoms with van der Waals surface area (Å²) in [6.45, 7) is 3.28. The molecule has 0 aromatic heterocycles. The van der Waals surface area contributed by atoms with E-state index in [0.717, 1.165) is 25.7 Å². The molecule has 0 radical (unpaired) electrons. The molecule has 0 spiro atoms. The summed E-state index contributed by atoms with van der Waals surface area (Å²) in [5, 5.41) is 3.58. The molecule has 108 valence electrons. The summed E-state index contributed by atoms with van der Waals surface area (Å²) in [5.74, 6) is -0.356. The Kier molecular flexibility index (Phi) is 4.03. The maximum atomic E-state index is 11.1. The van der Waals surface area contributed by atoms with Crippen LogP contribution in [-0.2, 0) is 6.54 Å². The van der Waals surface area contributed by atoms with Crippen LogP contribution < -0.4 is 11.1 Å². The molecule has 4 nitrogen and oxygen atoms in total. The van der Waals surface area contributed by atoms with Gasteiger partial charge in [0.2, 0.25) is 5.91 Å². The van der Waals surface area contributed by atoms with E-state index >= 15 is 0 Å². The van der Waals surface area contributed by atoms with Crippen LogP contribution >= 0.6 is 0 Å². The van der Waals surface area contributed by atoms with Crippen LogP contribution in [0.2, 0.25) is 0 Å². The van der Waals surface area contributed by atoms with Crippen molar-refractivity contribution in [2.24, 2.45) is 5.73 Å². The van der Waals surface area contributed by atoms with Crippen LogP contribution in [-0.4, -0.2) is 36.0 Å². The lowest BCUT2D eigenvalue weighted by atomic mass is 10.1. The van der Waals surface area contributed by atoms with Gasteiger partial charge >= 0.3 is 0 Å². The lowest BCUT2D eigenvalue weighted by molar-refractivity contribution is 0.100. The van der Waals surface area contributed by atoms with Crippen LogP contribution in [0.4, 0.5) is 0 Å². The topological polar surface area (TPSA) is 58.4 Å². The Balaban J connectivity index is 1.61. The average molecular weight is 273 g/mol. The minimum absolute atomic E-state index is 0.356. The van der Waals surface area contributed by atoms with Gasteiger partial charge in [0, 0.05) is 30.7 Å².